The Kier molecular flexibility index (Phi) is 5.20. The number of rotatable bonds is 6. The Labute approximate surface area is 117 Å². The first-order chi connectivity index (χ1) is 9.30. The van der Waals surface area contributed by atoms with E-state index >= 15 is 0 Å². The first-order valence-corrected chi connectivity index (χ1v) is 7.75. The molecule has 106 valence electrons. The molecule has 1 fully saturated rings. The highest BCUT2D eigenvalue weighted by atomic mass is 15.2. The normalized spacial score (nSPS) is 19.8. The third-order valence-corrected chi connectivity index (χ3v) is 4.12. The number of hydrogen-bond acceptors (Lipinski definition) is 3. The van der Waals surface area contributed by atoms with E-state index in [0.717, 1.165) is 18.9 Å². The molecule has 2 rings (SSSR count). The van der Waals surface area contributed by atoms with Gasteiger partial charge in [-0.2, -0.15) is 0 Å². The molecule has 1 saturated heterocycles. The van der Waals surface area contributed by atoms with Gasteiger partial charge in [-0.25, -0.2) is 4.98 Å². The molecule has 3 nitrogen and oxygen atoms in total. The van der Waals surface area contributed by atoms with Crippen LogP contribution in [0, 0.1) is 0 Å². The Hall–Kier alpha value is -1.09. The van der Waals surface area contributed by atoms with E-state index in [1.807, 2.05) is 0 Å². The molecule has 0 aliphatic carbocycles. The lowest BCUT2D eigenvalue weighted by Crippen LogP contribution is -2.25. The maximum atomic E-state index is 4.66. The molecule has 0 N–H and O–H groups in total. The zero-order chi connectivity index (χ0) is 13.7. The maximum absolute atomic E-state index is 4.66. The van der Waals surface area contributed by atoms with Crippen LogP contribution < -0.4 is 4.90 Å². The minimum Gasteiger partial charge on any atom is -0.357 e. The molecule has 0 aromatic carbocycles. The summed E-state index contributed by atoms with van der Waals surface area (Å²) in [5.41, 5.74) is 1.39. The van der Waals surface area contributed by atoms with Gasteiger partial charge in [0.05, 0.1) is 0 Å². The number of nitrogens with zero attached hydrogens (tertiary/aromatic N) is 3. The van der Waals surface area contributed by atoms with Crippen molar-refractivity contribution in [3.63, 3.8) is 0 Å². The van der Waals surface area contributed by atoms with Gasteiger partial charge in [-0.1, -0.05) is 13.0 Å². The van der Waals surface area contributed by atoms with E-state index in [2.05, 4.69) is 53.9 Å². The van der Waals surface area contributed by atoms with Crippen LogP contribution in [0.1, 0.15) is 51.6 Å². The van der Waals surface area contributed by atoms with E-state index in [9.17, 15) is 0 Å². The van der Waals surface area contributed by atoms with Gasteiger partial charge in [0.1, 0.15) is 5.82 Å². The molecule has 0 unspecified atom stereocenters. The molecule has 1 aliphatic heterocycles. The summed E-state index contributed by atoms with van der Waals surface area (Å²) in [6, 6.07) is 5.06. The Balaban J connectivity index is 2.09. The first kappa shape index (κ1) is 14.3. The topological polar surface area (TPSA) is 19.4 Å². The average Bonchev–Trinajstić information content (AvgIpc) is 2.90. The summed E-state index contributed by atoms with van der Waals surface area (Å²) in [6.45, 7) is 11.1. The van der Waals surface area contributed by atoms with Crippen molar-refractivity contribution < 1.29 is 0 Å². The van der Waals surface area contributed by atoms with Gasteiger partial charge in [-0.3, -0.25) is 4.90 Å². The molecule has 19 heavy (non-hydrogen) atoms. The molecular formula is C16H27N3. The third kappa shape index (κ3) is 3.27. The van der Waals surface area contributed by atoms with Gasteiger partial charge in [0.15, 0.2) is 0 Å². The Morgan fingerprint density at radius 1 is 1.26 bits per heavy atom. The highest BCUT2D eigenvalue weighted by Gasteiger charge is 2.25. The van der Waals surface area contributed by atoms with Crippen LogP contribution in [0.3, 0.4) is 0 Å². The van der Waals surface area contributed by atoms with Crippen molar-refractivity contribution in [3.8, 4) is 0 Å². The van der Waals surface area contributed by atoms with E-state index in [4.69, 9.17) is 0 Å². The molecule has 0 saturated carbocycles. The molecule has 1 aliphatic rings. The largest absolute Gasteiger partial charge is 0.357 e. The summed E-state index contributed by atoms with van der Waals surface area (Å²) in [4.78, 5) is 9.56. The van der Waals surface area contributed by atoms with Gasteiger partial charge in [-0.15, -0.1) is 0 Å². The number of anilines is 1. The van der Waals surface area contributed by atoms with Crippen LogP contribution in [0.25, 0.3) is 0 Å². The zero-order valence-electron chi connectivity index (χ0n) is 12.6. The zero-order valence-corrected chi connectivity index (χ0v) is 12.6. The molecule has 1 aromatic rings. The standard InChI is InChI=1S/C16H27N3/c1-4-11-19-12-7-8-15(19)14-9-10-16(17-13-14)18(5-2)6-3/h9-10,13,15H,4-8,11-12H2,1-3H3/t15-/m0/s1. The number of aromatic nitrogens is 1. The summed E-state index contributed by atoms with van der Waals surface area (Å²) in [6.07, 6.45) is 5.93. The molecule has 0 radical (unpaired) electrons. The lowest BCUT2D eigenvalue weighted by Gasteiger charge is -2.25. The van der Waals surface area contributed by atoms with Crippen LogP contribution in [0.2, 0.25) is 0 Å². The van der Waals surface area contributed by atoms with Gasteiger partial charge in [0.2, 0.25) is 0 Å². The second-order valence-corrected chi connectivity index (χ2v) is 5.32. The molecule has 1 atom stereocenters. The summed E-state index contributed by atoms with van der Waals surface area (Å²) in [5.74, 6) is 1.11. The molecule has 2 heterocycles. The van der Waals surface area contributed by atoms with Crippen LogP contribution in [0.5, 0.6) is 0 Å². The van der Waals surface area contributed by atoms with Gasteiger partial charge in [-0.05, 0) is 57.8 Å². The summed E-state index contributed by atoms with van der Waals surface area (Å²) in [7, 11) is 0. The smallest absolute Gasteiger partial charge is 0.128 e. The average molecular weight is 261 g/mol. The predicted molar refractivity (Wildman–Crippen MR) is 81.6 cm³/mol. The van der Waals surface area contributed by atoms with Crippen LogP contribution in [-0.2, 0) is 0 Å². The van der Waals surface area contributed by atoms with E-state index in [1.54, 1.807) is 0 Å². The van der Waals surface area contributed by atoms with Crippen molar-refractivity contribution in [3.05, 3.63) is 23.9 Å². The van der Waals surface area contributed by atoms with Gasteiger partial charge >= 0.3 is 0 Å². The summed E-state index contributed by atoms with van der Waals surface area (Å²) >= 11 is 0. The SMILES string of the molecule is CCCN1CCC[C@H]1c1ccc(N(CC)CC)nc1. The highest BCUT2D eigenvalue weighted by molar-refractivity contribution is 5.39. The minimum absolute atomic E-state index is 0.596. The van der Waals surface area contributed by atoms with Crippen molar-refractivity contribution in [2.24, 2.45) is 0 Å². The molecule has 1 aromatic heterocycles. The fraction of sp³-hybridized carbons (Fsp3) is 0.688. The molecule has 0 amide bonds. The molecule has 0 spiro atoms. The molecule has 0 bridgehead atoms. The lowest BCUT2D eigenvalue weighted by molar-refractivity contribution is 0.257. The second-order valence-electron chi connectivity index (χ2n) is 5.32. The minimum atomic E-state index is 0.596. The van der Waals surface area contributed by atoms with Crippen LogP contribution >= 0.6 is 0 Å². The van der Waals surface area contributed by atoms with E-state index in [1.165, 1.54) is 37.9 Å². The van der Waals surface area contributed by atoms with Crippen LogP contribution in [-0.4, -0.2) is 36.1 Å². The Bertz CT molecular complexity index is 370. The number of hydrogen-bond donors (Lipinski definition) is 0. The quantitative estimate of drug-likeness (QED) is 0.781. The monoisotopic (exact) mass is 261 g/mol. The van der Waals surface area contributed by atoms with Crippen molar-refractivity contribution in [2.45, 2.75) is 46.1 Å². The fourth-order valence-corrected chi connectivity index (χ4v) is 3.09. The van der Waals surface area contributed by atoms with E-state index in [-0.39, 0.29) is 0 Å². The van der Waals surface area contributed by atoms with Crippen molar-refractivity contribution in [2.75, 3.05) is 31.1 Å². The first-order valence-electron chi connectivity index (χ1n) is 7.75. The Morgan fingerprint density at radius 3 is 2.63 bits per heavy atom. The van der Waals surface area contributed by atoms with Gasteiger partial charge < -0.3 is 4.90 Å². The van der Waals surface area contributed by atoms with Crippen molar-refractivity contribution >= 4 is 5.82 Å². The lowest BCUT2D eigenvalue weighted by atomic mass is 10.1. The van der Waals surface area contributed by atoms with E-state index < -0.39 is 0 Å². The van der Waals surface area contributed by atoms with Gasteiger partial charge in [0.25, 0.3) is 0 Å². The van der Waals surface area contributed by atoms with Crippen LogP contribution in [0.4, 0.5) is 5.82 Å². The second kappa shape index (κ2) is 6.90. The van der Waals surface area contributed by atoms with Crippen molar-refractivity contribution in [1.29, 1.82) is 0 Å². The summed E-state index contributed by atoms with van der Waals surface area (Å²) in [5, 5.41) is 0. The number of likely N-dealkylation sites (tertiary alicyclic amines) is 1. The van der Waals surface area contributed by atoms with Crippen LogP contribution in [0.15, 0.2) is 18.3 Å². The van der Waals surface area contributed by atoms with Crippen molar-refractivity contribution in [1.82, 2.24) is 9.88 Å². The van der Waals surface area contributed by atoms with E-state index in [0.29, 0.717) is 6.04 Å². The summed E-state index contributed by atoms with van der Waals surface area (Å²) < 4.78 is 0. The predicted octanol–water partition coefficient (Wildman–Crippen LogP) is 3.47. The number of pyridine rings is 1. The third-order valence-electron chi connectivity index (χ3n) is 4.12. The molecule has 3 heteroatoms. The Morgan fingerprint density at radius 2 is 2.05 bits per heavy atom. The highest BCUT2D eigenvalue weighted by Crippen LogP contribution is 2.31. The maximum Gasteiger partial charge on any atom is 0.128 e. The molecular weight excluding hydrogens is 234 g/mol. The fourth-order valence-electron chi connectivity index (χ4n) is 3.09. The van der Waals surface area contributed by atoms with Gasteiger partial charge in [0, 0.05) is 25.3 Å².